The van der Waals surface area contributed by atoms with Crippen LogP contribution in [0.4, 0.5) is 5.69 Å². The number of benzene rings is 2. The van der Waals surface area contributed by atoms with Crippen molar-refractivity contribution in [2.75, 3.05) is 5.32 Å². The topological polar surface area (TPSA) is 58.3 Å². The fourth-order valence-electron chi connectivity index (χ4n) is 2.21. The van der Waals surface area contributed by atoms with Crippen molar-refractivity contribution in [1.29, 1.82) is 0 Å². The minimum atomic E-state index is -0.443. The Bertz CT molecular complexity index is 558. The number of anilines is 1. The van der Waals surface area contributed by atoms with Crippen molar-refractivity contribution in [3.63, 3.8) is 0 Å². The lowest BCUT2D eigenvalue weighted by Gasteiger charge is -2.23. The number of nitrogens with two attached hydrogens (primary N) is 1. The molecule has 0 saturated heterocycles. The third-order valence-electron chi connectivity index (χ3n) is 3.25. The maximum Gasteiger partial charge on any atom is 0.139 e. The number of aryl methyl sites for hydroxylation is 1. The molecule has 19 heavy (non-hydrogen) atoms. The molecule has 0 spiro atoms. The van der Waals surface area contributed by atoms with Crippen molar-refractivity contribution >= 4 is 17.4 Å². The Balaban J connectivity index is 1.67. The predicted octanol–water partition coefficient (Wildman–Crippen LogP) is 3.16. The molecule has 1 heterocycles. The van der Waals surface area contributed by atoms with E-state index in [0.29, 0.717) is 5.75 Å². The van der Waals surface area contributed by atoms with Crippen LogP contribution in [0.1, 0.15) is 12.0 Å². The van der Waals surface area contributed by atoms with Crippen molar-refractivity contribution in [2.45, 2.75) is 22.7 Å². The normalized spacial score (nSPS) is 20.9. The highest BCUT2D eigenvalue weighted by molar-refractivity contribution is 8.01. The Hall–Kier alpha value is -1.65. The van der Waals surface area contributed by atoms with Gasteiger partial charge in [0.1, 0.15) is 10.7 Å². The summed E-state index contributed by atoms with van der Waals surface area (Å²) in [5, 5.41) is 12.6. The summed E-state index contributed by atoms with van der Waals surface area (Å²) in [6, 6.07) is 15.5. The molecule has 3 nitrogen and oxygen atoms in total. The van der Waals surface area contributed by atoms with Crippen molar-refractivity contribution in [3.05, 3.63) is 54.1 Å². The summed E-state index contributed by atoms with van der Waals surface area (Å²) in [6.45, 7) is 0. The summed E-state index contributed by atoms with van der Waals surface area (Å²) in [6.07, 6.45) is 1.71. The van der Waals surface area contributed by atoms with Crippen molar-refractivity contribution in [1.82, 2.24) is 0 Å². The average molecular weight is 272 g/mol. The molecule has 1 atom stereocenters. The lowest BCUT2D eigenvalue weighted by molar-refractivity contribution is 0.475. The first-order valence-electron chi connectivity index (χ1n) is 6.28. The number of phenolic OH excluding ortho intramolecular Hbond substituents is 1. The van der Waals surface area contributed by atoms with E-state index in [4.69, 9.17) is 5.73 Å². The van der Waals surface area contributed by atoms with Crippen LogP contribution in [0.2, 0.25) is 0 Å². The second-order valence-corrected chi connectivity index (χ2v) is 6.15. The second kappa shape index (κ2) is 4.79. The van der Waals surface area contributed by atoms with E-state index in [9.17, 15) is 5.11 Å². The van der Waals surface area contributed by atoms with Crippen LogP contribution in [0.5, 0.6) is 5.75 Å². The van der Waals surface area contributed by atoms with Gasteiger partial charge in [-0.25, -0.2) is 0 Å². The highest BCUT2D eigenvalue weighted by atomic mass is 32.2. The smallest absolute Gasteiger partial charge is 0.139 e. The van der Waals surface area contributed by atoms with Crippen LogP contribution in [-0.4, -0.2) is 10.1 Å². The van der Waals surface area contributed by atoms with E-state index >= 15 is 0 Å². The van der Waals surface area contributed by atoms with Crippen LogP contribution < -0.4 is 11.1 Å². The number of thioether (sulfide) groups is 1. The van der Waals surface area contributed by atoms with E-state index in [1.165, 1.54) is 10.5 Å². The summed E-state index contributed by atoms with van der Waals surface area (Å²) in [5.74, 6) is 0.298. The molecule has 1 aliphatic rings. The molecule has 0 amide bonds. The number of phenols is 1. The van der Waals surface area contributed by atoms with Crippen LogP contribution in [0.25, 0.3) is 0 Å². The van der Waals surface area contributed by atoms with Gasteiger partial charge in [0, 0.05) is 10.6 Å². The number of hydrogen-bond acceptors (Lipinski definition) is 4. The van der Waals surface area contributed by atoms with Gasteiger partial charge in [-0.3, -0.25) is 5.73 Å². The summed E-state index contributed by atoms with van der Waals surface area (Å²) >= 11 is 1.68. The number of para-hydroxylation sites is 1. The maximum atomic E-state index is 9.26. The van der Waals surface area contributed by atoms with Gasteiger partial charge in [0.05, 0.1) is 0 Å². The molecule has 1 aliphatic heterocycles. The minimum absolute atomic E-state index is 0.298. The molecule has 2 aromatic carbocycles. The van der Waals surface area contributed by atoms with Gasteiger partial charge >= 0.3 is 0 Å². The standard InChI is InChI=1S/C15H16N2OS/c16-15(10-9-11-5-7-12(18)8-6-11)17-13-3-1-2-4-14(13)19-15/h1-8,17-18H,9-10,16H2. The average Bonchev–Trinajstić information content (AvgIpc) is 2.75. The lowest BCUT2D eigenvalue weighted by Crippen LogP contribution is -2.41. The number of aromatic hydroxyl groups is 1. The Morgan fingerprint density at radius 2 is 1.84 bits per heavy atom. The first kappa shape index (κ1) is 12.4. The monoisotopic (exact) mass is 272 g/mol. The van der Waals surface area contributed by atoms with Crippen molar-refractivity contribution in [2.24, 2.45) is 5.73 Å². The van der Waals surface area contributed by atoms with E-state index in [1.807, 2.05) is 24.3 Å². The molecule has 0 aromatic heterocycles. The van der Waals surface area contributed by atoms with Gasteiger partial charge in [0.2, 0.25) is 0 Å². The van der Waals surface area contributed by atoms with Crippen molar-refractivity contribution in [3.8, 4) is 5.75 Å². The maximum absolute atomic E-state index is 9.26. The molecule has 0 fully saturated rings. The molecule has 4 heteroatoms. The van der Waals surface area contributed by atoms with Gasteiger partial charge in [0.25, 0.3) is 0 Å². The molecule has 0 radical (unpaired) electrons. The fourth-order valence-corrected chi connectivity index (χ4v) is 3.35. The first-order valence-corrected chi connectivity index (χ1v) is 7.09. The molecule has 98 valence electrons. The first-order chi connectivity index (χ1) is 9.15. The van der Waals surface area contributed by atoms with Gasteiger partial charge in [-0.2, -0.15) is 0 Å². The zero-order chi connectivity index (χ0) is 13.3. The molecule has 0 bridgehead atoms. The zero-order valence-electron chi connectivity index (χ0n) is 10.5. The molecule has 4 N–H and O–H groups in total. The predicted molar refractivity (Wildman–Crippen MR) is 79.3 cm³/mol. The van der Waals surface area contributed by atoms with Crippen LogP contribution in [0.15, 0.2) is 53.4 Å². The number of fused-ring (bicyclic) bond motifs is 1. The molecule has 3 rings (SSSR count). The van der Waals surface area contributed by atoms with Crippen molar-refractivity contribution < 1.29 is 5.11 Å². The number of hydrogen-bond donors (Lipinski definition) is 3. The van der Waals surface area contributed by atoms with Crippen LogP contribution in [-0.2, 0) is 6.42 Å². The Labute approximate surface area is 116 Å². The Morgan fingerprint density at radius 1 is 1.11 bits per heavy atom. The number of nitrogens with one attached hydrogen (secondary N) is 1. The molecular formula is C15H16N2OS. The summed E-state index contributed by atoms with van der Waals surface area (Å²) in [5.41, 5.74) is 8.68. The van der Waals surface area contributed by atoms with E-state index in [1.54, 1.807) is 23.9 Å². The fraction of sp³-hybridized carbons (Fsp3) is 0.200. The largest absolute Gasteiger partial charge is 0.508 e. The molecule has 0 aliphatic carbocycles. The Morgan fingerprint density at radius 3 is 2.58 bits per heavy atom. The van der Waals surface area contributed by atoms with E-state index in [-0.39, 0.29) is 0 Å². The van der Waals surface area contributed by atoms with Crippen LogP contribution >= 0.6 is 11.8 Å². The quantitative estimate of drug-likeness (QED) is 0.803. The zero-order valence-corrected chi connectivity index (χ0v) is 11.3. The van der Waals surface area contributed by atoms with Crippen LogP contribution in [0, 0.1) is 0 Å². The molecule has 0 saturated carbocycles. The van der Waals surface area contributed by atoms with Gasteiger partial charge < -0.3 is 10.4 Å². The molecule has 2 aromatic rings. The van der Waals surface area contributed by atoms with E-state index < -0.39 is 4.99 Å². The van der Waals surface area contributed by atoms with E-state index in [2.05, 4.69) is 17.4 Å². The molecule has 1 unspecified atom stereocenters. The van der Waals surface area contributed by atoms with Gasteiger partial charge in [0.15, 0.2) is 0 Å². The third kappa shape index (κ3) is 2.69. The van der Waals surface area contributed by atoms with Gasteiger partial charge in [-0.1, -0.05) is 36.0 Å². The lowest BCUT2D eigenvalue weighted by atomic mass is 10.1. The van der Waals surface area contributed by atoms with E-state index in [0.717, 1.165) is 18.5 Å². The highest BCUT2D eigenvalue weighted by Crippen LogP contribution is 2.44. The highest BCUT2D eigenvalue weighted by Gasteiger charge is 2.33. The minimum Gasteiger partial charge on any atom is -0.508 e. The summed E-state index contributed by atoms with van der Waals surface area (Å²) < 4.78 is 0. The third-order valence-corrected chi connectivity index (χ3v) is 4.49. The van der Waals surface area contributed by atoms with Gasteiger partial charge in [-0.15, -0.1) is 0 Å². The SMILES string of the molecule is NC1(CCc2ccc(O)cc2)Nc2ccccc2S1. The Kier molecular flexibility index (Phi) is 3.12. The molecular weight excluding hydrogens is 256 g/mol. The van der Waals surface area contributed by atoms with Crippen LogP contribution in [0.3, 0.4) is 0 Å². The summed E-state index contributed by atoms with van der Waals surface area (Å²) in [4.78, 5) is 0.761. The van der Waals surface area contributed by atoms with Gasteiger partial charge in [-0.05, 0) is 42.7 Å². The summed E-state index contributed by atoms with van der Waals surface area (Å²) in [7, 11) is 0. The second-order valence-electron chi connectivity index (χ2n) is 4.78. The number of rotatable bonds is 3.